The lowest BCUT2D eigenvalue weighted by atomic mass is 10.1. The molecule has 1 aliphatic rings. The number of benzene rings is 1. The number of nitrogens with zero attached hydrogens (tertiary/aromatic N) is 2. The highest BCUT2D eigenvalue weighted by Gasteiger charge is 2.16. The number of nitrogens with one attached hydrogen (secondary N) is 1. The van der Waals surface area contributed by atoms with Crippen molar-refractivity contribution in [3.8, 4) is 6.07 Å². The van der Waals surface area contributed by atoms with Crippen LogP contribution >= 0.6 is 0 Å². The number of anilines is 1. The van der Waals surface area contributed by atoms with Crippen molar-refractivity contribution in [1.29, 1.82) is 5.26 Å². The molecule has 0 bridgehead atoms. The fourth-order valence-electron chi connectivity index (χ4n) is 1.91. The molecule has 3 nitrogen and oxygen atoms in total. The molecule has 0 spiro atoms. The van der Waals surface area contributed by atoms with Gasteiger partial charge in [-0.25, -0.2) is 13.8 Å². The first-order valence-corrected chi connectivity index (χ1v) is 5.61. The maximum atomic E-state index is 13.6. The first kappa shape index (κ1) is 11.8. The van der Waals surface area contributed by atoms with Crippen molar-refractivity contribution in [2.75, 3.05) is 18.5 Å². The second kappa shape index (κ2) is 5.11. The van der Waals surface area contributed by atoms with Crippen LogP contribution in [0.5, 0.6) is 0 Å². The minimum atomic E-state index is -0.730. The van der Waals surface area contributed by atoms with Crippen LogP contribution in [-0.2, 0) is 0 Å². The highest BCUT2D eigenvalue weighted by Crippen LogP contribution is 2.22. The van der Waals surface area contributed by atoms with Crippen LogP contribution in [0.25, 0.3) is 0 Å². The minimum Gasteiger partial charge on any atom is -0.314 e. The Morgan fingerprint density at radius 2 is 1.71 bits per heavy atom. The number of piperidine rings is 1. The summed E-state index contributed by atoms with van der Waals surface area (Å²) in [4.78, 5) is 0. The second-order valence-corrected chi connectivity index (χ2v) is 4.09. The Kier molecular flexibility index (Phi) is 3.55. The summed E-state index contributed by atoms with van der Waals surface area (Å²) < 4.78 is 27.1. The first-order valence-electron chi connectivity index (χ1n) is 5.61. The molecule has 0 aliphatic carbocycles. The smallest absolute Gasteiger partial charge is 0.151 e. The van der Waals surface area contributed by atoms with Gasteiger partial charge in [0.1, 0.15) is 5.69 Å². The van der Waals surface area contributed by atoms with Gasteiger partial charge in [-0.2, -0.15) is 5.26 Å². The van der Waals surface area contributed by atoms with Gasteiger partial charge >= 0.3 is 0 Å². The van der Waals surface area contributed by atoms with E-state index in [0.717, 1.165) is 44.5 Å². The molecule has 1 fully saturated rings. The Bertz CT molecular complexity index is 425. The average Bonchev–Trinajstić information content (AvgIpc) is 2.35. The molecular formula is C12H13F2N3. The zero-order valence-electron chi connectivity index (χ0n) is 9.34. The van der Waals surface area contributed by atoms with Crippen molar-refractivity contribution in [3.63, 3.8) is 0 Å². The number of hydrazine groups is 1. The molecule has 0 unspecified atom stereocenters. The summed E-state index contributed by atoms with van der Waals surface area (Å²) in [6.45, 7) is 1.55. The Labute approximate surface area is 98.6 Å². The van der Waals surface area contributed by atoms with Crippen LogP contribution in [0.3, 0.4) is 0 Å². The third-order valence-electron chi connectivity index (χ3n) is 2.80. The van der Waals surface area contributed by atoms with Gasteiger partial charge in [0.15, 0.2) is 11.6 Å². The van der Waals surface area contributed by atoms with Crippen molar-refractivity contribution in [1.82, 2.24) is 5.01 Å². The number of halogens is 2. The SMILES string of the molecule is N#Cc1cc(F)c(NN2CCCCC2)c(F)c1. The molecule has 1 aromatic carbocycles. The predicted octanol–water partition coefficient (Wildman–Crippen LogP) is 2.65. The molecular weight excluding hydrogens is 224 g/mol. The molecule has 1 heterocycles. The van der Waals surface area contributed by atoms with Crippen LogP contribution in [0.2, 0.25) is 0 Å². The topological polar surface area (TPSA) is 39.1 Å². The van der Waals surface area contributed by atoms with E-state index in [4.69, 9.17) is 5.26 Å². The van der Waals surface area contributed by atoms with E-state index < -0.39 is 11.6 Å². The zero-order chi connectivity index (χ0) is 12.3. The van der Waals surface area contributed by atoms with Gasteiger partial charge in [-0.3, -0.25) is 0 Å². The maximum absolute atomic E-state index is 13.6. The lowest BCUT2D eigenvalue weighted by molar-refractivity contribution is 0.270. The number of hydrogen-bond acceptors (Lipinski definition) is 3. The Morgan fingerprint density at radius 3 is 2.24 bits per heavy atom. The summed E-state index contributed by atoms with van der Waals surface area (Å²) in [5.41, 5.74) is 2.56. The largest absolute Gasteiger partial charge is 0.314 e. The summed E-state index contributed by atoms with van der Waals surface area (Å²) in [6.07, 6.45) is 3.19. The van der Waals surface area contributed by atoms with Gasteiger partial charge in [-0.15, -0.1) is 0 Å². The van der Waals surface area contributed by atoms with Gasteiger partial charge in [-0.05, 0) is 25.0 Å². The average molecular weight is 237 g/mol. The third-order valence-corrected chi connectivity index (χ3v) is 2.80. The molecule has 17 heavy (non-hydrogen) atoms. The molecule has 1 N–H and O–H groups in total. The van der Waals surface area contributed by atoms with Crippen LogP contribution in [0.15, 0.2) is 12.1 Å². The summed E-state index contributed by atoms with van der Waals surface area (Å²) in [6, 6.07) is 3.79. The van der Waals surface area contributed by atoms with Gasteiger partial charge in [0.05, 0.1) is 11.6 Å². The van der Waals surface area contributed by atoms with E-state index in [1.54, 1.807) is 11.1 Å². The highest BCUT2D eigenvalue weighted by atomic mass is 19.1. The highest BCUT2D eigenvalue weighted by molar-refractivity contribution is 5.49. The minimum absolute atomic E-state index is 0.0100. The van der Waals surface area contributed by atoms with E-state index in [9.17, 15) is 8.78 Å². The van der Waals surface area contributed by atoms with Crippen molar-refractivity contribution in [3.05, 3.63) is 29.3 Å². The summed E-state index contributed by atoms with van der Waals surface area (Å²) >= 11 is 0. The number of hydrogen-bond donors (Lipinski definition) is 1. The molecule has 5 heteroatoms. The van der Waals surface area contributed by atoms with Crippen LogP contribution in [0.4, 0.5) is 14.5 Å². The zero-order valence-corrected chi connectivity index (χ0v) is 9.34. The molecule has 90 valence electrons. The third kappa shape index (κ3) is 2.71. The van der Waals surface area contributed by atoms with Gasteiger partial charge in [0.25, 0.3) is 0 Å². The molecule has 1 aliphatic heterocycles. The van der Waals surface area contributed by atoms with E-state index in [1.807, 2.05) is 0 Å². The standard InChI is InChI=1S/C12H13F2N3/c13-10-6-9(8-15)7-11(14)12(10)16-17-4-2-1-3-5-17/h6-7,16H,1-5H2. The van der Waals surface area contributed by atoms with Gasteiger partial charge < -0.3 is 5.43 Å². The fraction of sp³-hybridized carbons (Fsp3) is 0.417. The summed E-state index contributed by atoms with van der Waals surface area (Å²) in [5.74, 6) is -1.46. The fourth-order valence-corrected chi connectivity index (χ4v) is 1.91. The monoisotopic (exact) mass is 237 g/mol. The molecule has 0 radical (unpaired) electrons. The molecule has 1 aromatic rings. The number of rotatable bonds is 2. The van der Waals surface area contributed by atoms with Crippen molar-refractivity contribution in [2.45, 2.75) is 19.3 Å². The molecule has 0 amide bonds. The van der Waals surface area contributed by atoms with Gasteiger partial charge in [0, 0.05) is 13.1 Å². The lowest BCUT2D eigenvalue weighted by Crippen LogP contribution is -2.35. The molecule has 2 rings (SSSR count). The van der Waals surface area contributed by atoms with Crippen LogP contribution in [0, 0.1) is 23.0 Å². The second-order valence-electron chi connectivity index (χ2n) is 4.09. The van der Waals surface area contributed by atoms with E-state index in [0.29, 0.717) is 0 Å². The predicted molar refractivity (Wildman–Crippen MR) is 60.1 cm³/mol. The first-order chi connectivity index (χ1) is 8.20. The molecule has 1 saturated heterocycles. The van der Waals surface area contributed by atoms with Gasteiger partial charge in [-0.1, -0.05) is 6.42 Å². The molecule has 0 atom stereocenters. The Balaban J connectivity index is 2.18. The van der Waals surface area contributed by atoms with Gasteiger partial charge in [0.2, 0.25) is 0 Å². The summed E-state index contributed by atoms with van der Waals surface area (Å²) in [5, 5.41) is 10.4. The van der Waals surface area contributed by atoms with Crippen molar-refractivity contribution >= 4 is 5.69 Å². The van der Waals surface area contributed by atoms with Crippen molar-refractivity contribution < 1.29 is 8.78 Å². The van der Waals surface area contributed by atoms with E-state index in [2.05, 4.69) is 5.43 Å². The Hall–Kier alpha value is -1.67. The van der Waals surface area contributed by atoms with Crippen LogP contribution < -0.4 is 5.43 Å². The Morgan fingerprint density at radius 1 is 1.12 bits per heavy atom. The van der Waals surface area contributed by atoms with E-state index >= 15 is 0 Å². The maximum Gasteiger partial charge on any atom is 0.151 e. The van der Waals surface area contributed by atoms with Crippen molar-refractivity contribution in [2.24, 2.45) is 0 Å². The van der Waals surface area contributed by atoms with Crippen LogP contribution in [-0.4, -0.2) is 18.1 Å². The number of nitriles is 1. The van der Waals surface area contributed by atoms with Crippen LogP contribution in [0.1, 0.15) is 24.8 Å². The van der Waals surface area contributed by atoms with E-state index in [-0.39, 0.29) is 11.3 Å². The molecule has 0 aromatic heterocycles. The molecule has 0 saturated carbocycles. The lowest BCUT2D eigenvalue weighted by Gasteiger charge is -2.28. The van der Waals surface area contributed by atoms with E-state index in [1.165, 1.54) is 0 Å². The quantitative estimate of drug-likeness (QED) is 0.859. The normalized spacial score (nSPS) is 16.5. The summed E-state index contributed by atoms with van der Waals surface area (Å²) in [7, 11) is 0.